The second-order valence-electron chi connectivity index (χ2n) is 7.30. The summed E-state index contributed by atoms with van der Waals surface area (Å²) in [4.78, 5) is 25.1. The van der Waals surface area contributed by atoms with E-state index in [2.05, 4.69) is 26.0 Å². The molecule has 1 rings (SSSR count). The third-order valence-electron chi connectivity index (χ3n) is 5.03. The van der Waals surface area contributed by atoms with Gasteiger partial charge in [0.2, 0.25) is 0 Å². The Morgan fingerprint density at radius 1 is 0.731 bits per heavy atom. The van der Waals surface area contributed by atoms with Crippen molar-refractivity contribution >= 4 is 11.9 Å². The average molecular weight is 367 g/mol. The molecule has 2 atom stereocenters. The molecule has 0 aromatic heterocycles. The maximum atomic E-state index is 12.6. The molecule has 0 spiro atoms. The predicted octanol–water partition coefficient (Wildman–Crippen LogP) is 5.60. The smallest absolute Gasteiger partial charge is 0.309 e. The largest absolute Gasteiger partial charge is 0.465 e. The van der Waals surface area contributed by atoms with Gasteiger partial charge in [0.1, 0.15) is 0 Å². The van der Waals surface area contributed by atoms with Crippen LogP contribution in [0.4, 0.5) is 0 Å². The summed E-state index contributed by atoms with van der Waals surface area (Å²) in [6.07, 6.45) is 15.8. The molecule has 0 heterocycles. The van der Waals surface area contributed by atoms with Crippen molar-refractivity contribution in [1.82, 2.24) is 0 Å². The van der Waals surface area contributed by atoms with Crippen molar-refractivity contribution in [3.8, 4) is 0 Å². The van der Waals surface area contributed by atoms with Crippen LogP contribution in [0.3, 0.4) is 0 Å². The van der Waals surface area contributed by atoms with E-state index in [1.54, 1.807) is 0 Å². The van der Waals surface area contributed by atoms with Crippen LogP contribution in [0.25, 0.3) is 0 Å². The molecule has 150 valence electrons. The fraction of sp³-hybridized carbons (Fsp3) is 0.818. The Morgan fingerprint density at radius 2 is 1.15 bits per heavy atom. The van der Waals surface area contributed by atoms with Gasteiger partial charge in [0, 0.05) is 0 Å². The molecule has 0 N–H and O–H groups in total. The van der Waals surface area contributed by atoms with E-state index in [0.29, 0.717) is 26.1 Å². The number of hydrogen-bond donors (Lipinski definition) is 0. The Kier molecular flexibility index (Phi) is 12.9. The lowest BCUT2D eigenvalue weighted by Crippen LogP contribution is -2.33. The number of ether oxygens (including phenoxy) is 2. The van der Waals surface area contributed by atoms with E-state index in [0.717, 1.165) is 51.4 Å². The van der Waals surface area contributed by atoms with Crippen molar-refractivity contribution in [2.75, 3.05) is 13.2 Å². The minimum atomic E-state index is -0.366. The van der Waals surface area contributed by atoms with Crippen molar-refractivity contribution in [3.05, 3.63) is 12.2 Å². The highest BCUT2D eigenvalue weighted by molar-refractivity contribution is 5.82. The monoisotopic (exact) mass is 366 g/mol. The molecule has 0 aromatic carbocycles. The quantitative estimate of drug-likeness (QED) is 0.256. The van der Waals surface area contributed by atoms with Crippen LogP contribution >= 0.6 is 0 Å². The summed E-state index contributed by atoms with van der Waals surface area (Å²) in [5.41, 5.74) is 0. The van der Waals surface area contributed by atoms with Crippen LogP contribution in [0.15, 0.2) is 12.2 Å². The zero-order valence-electron chi connectivity index (χ0n) is 16.8. The first-order valence-electron chi connectivity index (χ1n) is 10.7. The Bertz CT molecular complexity index is 378. The standard InChI is InChI=1S/C22H38O4/c1-3-5-7-13-17-25-21(23)19-15-11-9-10-12-16-20(19)22(24)26-18-14-8-6-4-2/h9-10,19-20H,3-8,11-18H2,1-2H3/b10-9-. The first-order chi connectivity index (χ1) is 12.7. The van der Waals surface area contributed by atoms with E-state index in [1.165, 1.54) is 12.8 Å². The summed E-state index contributed by atoms with van der Waals surface area (Å²) in [6.45, 7) is 5.24. The predicted molar refractivity (Wildman–Crippen MR) is 105 cm³/mol. The topological polar surface area (TPSA) is 52.6 Å². The SMILES string of the molecule is CCCCCCOC(=O)C1CC/C=C\CCC1C(=O)OCCCCCC. The van der Waals surface area contributed by atoms with Crippen molar-refractivity contribution in [2.24, 2.45) is 11.8 Å². The lowest BCUT2D eigenvalue weighted by Gasteiger charge is -2.25. The molecule has 26 heavy (non-hydrogen) atoms. The summed E-state index contributed by atoms with van der Waals surface area (Å²) in [6, 6.07) is 0. The molecule has 0 fully saturated rings. The van der Waals surface area contributed by atoms with E-state index in [9.17, 15) is 9.59 Å². The molecule has 0 aliphatic heterocycles. The summed E-state index contributed by atoms with van der Waals surface area (Å²) >= 11 is 0. The van der Waals surface area contributed by atoms with Crippen LogP contribution < -0.4 is 0 Å². The Hall–Kier alpha value is -1.32. The Labute approximate surface area is 159 Å². The van der Waals surface area contributed by atoms with Gasteiger partial charge in [-0.2, -0.15) is 0 Å². The molecule has 0 amide bonds. The summed E-state index contributed by atoms with van der Waals surface area (Å²) in [7, 11) is 0. The normalized spacial score (nSPS) is 21.5. The van der Waals surface area contributed by atoms with Crippen LogP contribution in [-0.2, 0) is 19.1 Å². The van der Waals surface area contributed by atoms with Gasteiger partial charge in [0.15, 0.2) is 0 Å². The van der Waals surface area contributed by atoms with Crippen molar-refractivity contribution in [2.45, 2.75) is 90.9 Å². The highest BCUT2D eigenvalue weighted by atomic mass is 16.5. The zero-order chi connectivity index (χ0) is 19.0. The Balaban J connectivity index is 2.51. The molecule has 2 unspecified atom stereocenters. The third kappa shape index (κ3) is 9.40. The molecule has 0 bridgehead atoms. The van der Waals surface area contributed by atoms with Gasteiger partial charge in [-0.3, -0.25) is 9.59 Å². The maximum Gasteiger partial charge on any atom is 0.309 e. The summed E-state index contributed by atoms with van der Waals surface area (Å²) in [5.74, 6) is -1.17. The third-order valence-corrected chi connectivity index (χ3v) is 5.03. The van der Waals surface area contributed by atoms with Crippen LogP contribution in [0.2, 0.25) is 0 Å². The number of hydrogen-bond acceptors (Lipinski definition) is 4. The molecule has 0 radical (unpaired) electrons. The average Bonchev–Trinajstić information content (AvgIpc) is 2.61. The number of rotatable bonds is 12. The molecule has 0 aromatic rings. The van der Waals surface area contributed by atoms with Gasteiger partial charge in [-0.15, -0.1) is 0 Å². The molecule has 0 saturated carbocycles. The maximum absolute atomic E-state index is 12.6. The van der Waals surface area contributed by atoms with Gasteiger partial charge in [-0.1, -0.05) is 64.5 Å². The fourth-order valence-corrected chi connectivity index (χ4v) is 3.37. The van der Waals surface area contributed by atoms with E-state index in [1.807, 2.05) is 0 Å². The van der Waals surface area contributed by atoms with Crippen LogP contribution in [0.5, 0.6) is 0 Å². The highest BCUT2D eigenvalue weighted by Crippen LogP contribution is 2.28. The van der Waals surface area contributed by atoms with Crippen LogP contribution in [0.1, 0.15) is 90.9 Å². The first-order valence-corrected chi connectivity index (χ1v) is 10.7. The summed E-state index contributed by atoms with van der Waals surface area (Å²) in [5, 5.41) is 0. The van der Waals surface area contributed by atoms with E-state index < -0.39 is 0 Å². The lowest BCUT2D eigenvalue weighted by molar-refractivity contribution is -0.161. The van der Waals surface area contributed by atoms with Crippen LogP contribution in [0, 0.1) is 11.8 Å². The second-order valence-corrected chi connectivity index (χ2v) is 7.30. The highest BCUT2D eigenvalue weighted by Gasteiger charge is 2.35. The minimum Gasteiger partial charge on any atom is -0.465 e. The number of carbonyl (C=O) groups is 2. The van der Waals surface area contributed by atoms with Gasteiger partial charge in [0.05, 0.1) is 25.0 Å². The van der Waals surface area contributed by atoms with Gasteiger partial charge < -0.3 is 9.47 Å². The molecule has 1 aliphatic carbocycles. The van der Waals surface area contributed by atoms with Crippen molar-refractivity contribution in [3.63, 3.8) is 0 Å². The minimum absolute atomic E-state index is 0.218. The number of unbranched alkanes of at least 4 members (excludes halogenated alkanes) is 6. The number of carbonyl (C=O) groups excluding carboxylic acids is 2. The van der Waals surface area contributed by atoms with Crippen LogP contribution in [-0.4, -0.2) is 25.2 Å². The molecular formula is C22H38O4. The van der Waals surface area contributed by atoms with E-state index in [-0.39, 0.29) is 23.8 Å². The molecular weight excluding hydrogens is 328 g/mol. The van der Waals surface area contributed by atoms with Crippen molar-refractivity contribution in [1.29, 1.82) is 0 Å². The van der Waals surface area contributed by atoms with Crippen molar-refractivity contribution < 1.29 is 19.1 Å². The van der Waals surface area contributed by atoms with Gasteiger partial charge in [0.25, 0.3) is 0 Å². The fourth-order valence-electron chi connectivity index (χ4n) is 3.37. The molecule has 0 saturated heterocycles. The molecule has 4 heteroatoms. The lowest BCUT2D eigenvalue weighted by atomic mass is 9.83. The molecule has 1 aliphatic rings. The number of esters is 2. The zero-order valence-corrected chi connectivity index (χ0v) is 16.8. The van der Waals surface area contributed by atoms with E-state index >= 15 is 0 Å². The van der Waals surface area contributed by atoms with Gasteiger partial charge in [-0.05, 0) is 38.5 Å². The molecule has 4 nitrogen and oxygen atoms in total. The Morgan fingerprint density at radius 3 is 1.54 bits per heavy atom. The number of allylic oxidation sites excluding steroid dienone is 2. The van der Waals surface area contributed by atoms with Gasteiger partial charge in [-0.25, -0.2) is 0 Å². The summed E-state index contributed by atoms with van der Waals surface area (Å²) < 4.78 is 11.0. The van der Waals surface area contributed by atoms with E-state index in [4.69, 9.17) is 9.47 Å². The second kappa shape index (κ2) is 14.8. The van der Waals surface area contributed by atoms with Gasteiger partial charge >= 0.3 is 11.9 Å². The first kappa shape index (κ1) is 22.7.